The largest absolute Gasteiger partial charge is 1.00 e. The van der Waals surface area contributed by atoms with Crippen LogP contribution >= 0.6 is 0 Å². The Labute approximate surface area is 118 Å². The van der Waals surface area contributed by atoms with Crippen LogP contribution in [0.2, 0.25) is 0 Å². The van der Waals surface area contributed by atoms with E-state index in [1.54, 1.807) is 0 Å². The predicted octanol–water partition coefficient (Wildman–Crippen LogP) is -7.59. The zero-order chi connectivity index (χ0) is 8.08. The number of primary amides is 2. The number of rotatable bonds is 0. The van der Waals surface area contributed by atoms with E-state index < -0.39 is 16.4 Å². The molecule has 0 heterocycles. The van der Waals surface area contributed by atoms with Crippen LogP contribution in [0.15, 0.2) is 0 Å². The molecule has 0 aromatic carbocycles. The summed E-state index contributed by atoms with van der Waals surface area (Å²) in [6, 6.07) is -0.833. The van der Waals surface area contributed by atoms with Crippen molar-refractivity contribution < 1.29 is 86.1 Å². The fourth-order valence-electron chi connectivity index (χ4n) is 0. The Bertz CT molecular complexity index is 169. The van der Waals surface area contributed by atoms with E-state index in [9.17, 15) is 0 Å². The Morgan fingerprint density at radius 3 is 1.33 bits per heavy atom. The zero-order valence-corrected chi connectivity index (χ0v) is 11.2. The molecule has 0 saturated heterocycles. The minimum absolute atomic E-state index is 0. The summed E-state index contributed by atoms with van der Waals surface area (Å²) in [6.07, 6.45) is 0. The predicted molar refractivity (Wildman–Crippen MR) is 32.1 cm³/mol. The van der Waals surface area contributed by atoms with Crippen molar-refractivity contribution in [1.82, 2.24) is 6.15 Å². The molecule has 0 radical (unpaired) electrons. The summed E-state index contributed by atoms with van der Waals surface area (Å²) in [5, 5.41) is 0. The van der Waals surface area contributed by atoms with E-state index in [0.717, 1.165) is 0 Å². The molecule has 0 saturated carbocycles. The van der Waals surface area contributed by atoms with Gasteiger partial charge in [-0.25, -0.2) is 13.2 Å². The van der Waals surface area contributed by atoms with Crippen LogP contribution in [0.4, 0.5) is 4.79 Å². The van der Waals surface area contributed by atoms with Crippen LogP contribution in [0.25, 0.3) is 0 Å². The molecule has 12 heavy (non-hydrogen) atoms. The molecule has 0 aliphatic carbocycles. The number of hydrogen-bond acceptors (Lipinski definition) is 4. The Kier molecular flexibility index (Phi) is 35.4. The van der Waals surface area contributed by atoms with E-state index in [0.29, 0.717) is 0 Å². The molecule has 11 heteroatoms. The molecule has 0 atom stereocenters. The molecule has 2 amide bonds. The number of urea groups is 1. The monoisotopic (exact) mass is 249 g/mol. The van der Waals surface area contributed by atoms with Crippen molar-refractivity contribution in [2.75, 3.05) is 0 Å². The number of halogens is 1. The quantitative estimate of drug-likeness (QED) is 0.188. The molecule has 72 valence electrons. The van der Waals surface area contributed by atoms with E-state index >= 15 is 0 Å². The van der Waals surface area contributed by atoms with Crippen LogP contribution in [0.1, 0.15) is 0 Å². The third-order valence-electron chi connectivity index (χ3n) is 0. The first-order valence-electron chi connectivity index (χ1n) is 1.46. The second-order valence-electron chi connectivity index (χ2n) is 0.830. The maximum Gasteiger partial charge on any atom is 1.00 e. The summed E-state index contributed by atoms with van der Waals surface area (Å²) in [5.74, 6) is 0. The molecule has 0 bridgehead atoms. The molecule has 9 N–H and O–H groups in total. The van der Waals surface area contributed by atoms with Crippen molar-refractivity contribution in [2.45, 2.75) is 0 Å². The van der Waals surface area contributed by atoms with Crippen molar-refractivity contribution in [2.24, 2.45) is 11.5 Å². The smallest absolute Gasteiger partial charge is 1.00 e. The average molecular weight is 250 g/mol. The number of carbonyl (C=O) groups excluding carboxylic acids is 1. The maximum absolute atomic E-state index is 9.00. The Hall–Kier alpha value is 1.03. The Morgan fingerprint density at radius 1 is 1.33 bits per heavy atom. The Morgan fingerprint density at radius 2 is 1.33 bits per heavy atom. The fraction of sp³-hybridized carbons (Fsp3) is 0. The molecule has 8 nitrogen and oxygen atoms in total. The first-order valence-corrected chi connectivity index (χ1v) is 2.83. The molecule has 0 aromatic rings. The van der Waals surface area contributed by atoms with Gasteiger partial charge >= 0.3 is 57.4 Å². The van der Waals surface area contributed by atoms with Gasteiger partial charge in [0.2, 0.25) is 10.4 Å². The van der Waals surface area contributed by atoms with Gasteiger partial charge in [0.1, 0.15) is 0 Å². The zero-order valence-electron chi connectivity index (χ0n) is 6.52. The maximum atomic E-state index is 9.00. The van der Waals surface area contributed by atoms with Gasteiger partial charge in [-0.2, -0.15) is 0 Å². The second-order valence-corrected chi connectivity index (χ2v) is 1.69. The van der Waals surface area contributed by atoms with Crippen LogP contribution in [0, 0.1) is 0 Å². The summed E-state index contributed by atoms with van der Waals surface area (Å²) in [5.41, 5.74) is 8.50. The van der Waals surface area contributed by atoms with E-state index in [1.807, 2.05) is 0 Å². The van der Waals surface area contributed by atoms with Crippen molar-refractivity contribution in [3.63, 3.8) is 0 Å². The average Bonchev–Trinajstić information content (AvgIpc) is 1.19. The first kappa shape index (κ1) is 29.2. The number of amides is 2. The van der Waals surface area contributed by atoms with Crippen molar-refractivity contribution in [3.8, 4) is 0 Å². The molecule has 0 spiro atoms. The van der Waals surface area contributed by atoms with E-state index in [-0.39, 0.29) is 69.9 Å². The minimum Gasteiger partial charge on any atom is -1.00 e. The summed E-state index contributed by atoms with van der Waals surface area (Å²) in [7, 11) is -4.92. The molecule has 0 aromatic heterocycles. The molecular formula is CH9ClKN3O5S. The van der Waals surface area contributed by atoms with Gasteiger partial charge in [-0.15, -0.1) is 0 Å². The van der Waals surface area contributed by atoms with Gasteiger partial charge in [0, 0.05) is 0 Å². The normalized spacial score (nSPS) is 6.83. The summed E-state index contributed by atoms with van der Waals surface area (Å²) < 4.78 is 32.8. The summed E-state index contributed by atoms with van der Waals surface area (Å²) in [6.45, 7) is 0. The van der Waals surface area contributed by atoms with Crippen molar-refractivity contribution in [1.29, 1.82) is 0 Å². The van der Waals surface area contributed by atoms with Gasteiger partial charge in [-0.3, -0.25) is 4.55 Å². The molecule has 0 rings (SSSR count). The third kappa shape index (κ3) is 1050. The SMILES string of the molecule is NC(N)=O.O=S(=O)([O-])O.[Cl-].[K+].[NH4+]. The topological polar surface area (TPSA) is 183 Å². The summed E-state index contributed by atoms with van der Waals surface area (Å²) in [4.78, 5) is 9.00. The molecular weight excluding hydrogens is 241 g/mol. The van der Waals surface area contributed by atoms with Gasteiger partial charge in [0.05, 0.1) is 0 Å². The van der Waals surface area contributed by atoms with Gasteiger partial charge in [0.25, 0.3) is 0 Å². The Balaban J connectivity index is -0.0000000221. The van der Waals surface area contributed by atoms with Crippen LogP contribution < -0.4 is 81.4 Å². The van der Waals surface area contributed by atoms with Crippen molar-refractivity contribution >= 4 is 16.4 Å². The van der Waals surface area contributed by atoms with Crippen LogP contribution in [0.5, 0.6) is 0 Å². The van der Waals surface area contributed by atoms with Gasteiger partial charge in [-0.05, 0) is 0 Å². The fourth-order valence-corrected chi connectivity index (χ4v) is 0. The van der Waals surface area contributed by atoms with Crippen molar-refractivity contribution in [3.05, 3.63) is 0 Å². The number of quaternary nitrogens is 1. The standard InChI is InChI=1S/CH4N2O.ClH.K.H3N.H2O4S/c2-1(3)4;;;;1-5(2,3)4/h(H4,2,3,4);1H;;1H3;(H2,1,2,3,4)/q;;+1;;/p-1. The molecule has 0 aliphatic heterocycles. The molecule has 0 unspecified atom stereocenters. The van der Waals surface area contributed by atoms with Crippen LogP contribution in [0.3, 0.4) is 0 Å². The number of nitrogens with two attached hydrogens (primary N) is 2. The minimum atomic E-state index is -4.92. The number of hydrogen-bond donors (Lipinski definition) is 4. The molecule has 0 aliphatic rings. The second kappa shape index (κ2) is 14.5. The van der Waals surface area contributed by atoms with Crippen LogP contribution in [-0.2, 0) is 10.4 Å². The third-order valence-corrected chi connectivity index (χ3v) is 0. The summed E-state index contributed by atoms with van der Waals surface area (Å²) >= 11 is 0. The van der Waals surface area contributed by atoms with Gasteiger partial charge < -0.3 is 34.6 Å². The van der Waals surface area contributed by atoms with E-state index in [2.05, 4.69) is 11.5 Å². The first-order chi connectivity index (χ1) is 3.73. The van der Waals surface area contributed by atoms with Crippen LogP contribution in [-0.4, -0.2) is 23.6 Å². The number of carbonyl (C=O) groups is 1. The van der Waals surface area contributed by atoms with Gasteiger partial charge in [-0.1, -0.05) is 0 Å². The van der Waals surface area contributed by atoms with E-state index in [1.165, 1.54) is 0 Å². The van der Waals surface area contributed by atoms with E-state index in [4.69, 9.17) is 22.3 Å². The molecule has 0 fully saturated rings. The van der Waals surface area contributed by atoms with Gasteiger partial charge in [0.15, 0.2) is 0 Å².